The molecule has 0 aliphatic heterocycles. The Morgan fingerprint density at radius 2 is 1.67 bits per heavy atom. The standard InChI is InChI=1S/C25H24FN5O2/c26-19-12-10-18(11-13-19)22(16-31-17-28-21-8-4-5-9-23(21)31)30-24(32)14-15-27-25(33)29-20-6-2-1-3-7-20/h1-13,17,22H,14-16H2,(H,30,32)(H2,27,29,33). The molecule has 33 heavy (non-hydrogen) atoms. The first-order valence-corrected chi connectivity index (χ1v) is 10.6. The summed E-state index contributed by atoms with van der Waals surface area (Å²) >= 11 is 0. The average Bonchev–Trinajstić information content (AvgIpc) is 3.23. The van der Waals surface area contributed by atoms with E-state index in [9.17, 15) is 14.0 Å². The van der Waals surface area contributed by atoms with Crippen molar-refractivity contribution in [2.75, 3.05) is 11.9 Å². The Morgan fingerprint density at radius 3 is 2.45 bits per heavy atom. The van der Waals surface area contributed by atoms with Gasteiger partial charge in [-0.25, -0.2) is 14.2 Å². The molecule has 3 N–H and O–H groups in total. The Hall–Kier alpha value is -4.20. The van der Waals surface area contributed by atoms with Gasteiger partial charge in [0.2, 0.25) is 5.91 Å². The largest absolute Gasteiger partial charge is 0.347 e. The van der Waals surface area contributed by atoms with Crippen LogP contribution in [0.3, 0.4) is 0 Å². The topological polar surface area (TPSA) is 88.0 Å². The number of benzene rings is 3. The number of para-hydroxylation sites is 3. The molecule has 3 aromatic carbocycles. The highest BCUT2D eigenvalue weighted by Crippen LogP contribution is 2.20. The number of aromatic nitrogens is 2. The number of hydrogen-bond donors (Lipinski definition) is 3. The van der Waals surface area contributed by atoms with Crippen LogP contribution in [0.1, 0.15) is 18.0 Å². The van der Waals surface area contributed by atoms with Crippen molar-refractivity contribution in [1.82, 2.24) is 20.2 Å². The molecule has 0 saturated heterocycles. The number of nitrogens with zero attached hydrogens (tertiary/aromatic N) is 2. The summed E-state index contributed by atoms with van der Waals surface area (Å²) in [5.74, 6) is -0.570. The van der Waals surface area contributed by atoms with Crippen molar-refractivity contribution >= 4 is 28.7 Å². The SMILES string of the molecule is O=C(CCNC(=O)Nc1ccccc1)NC(Cn1cnc2ccccc21)c1ccc(F)cc1. The molecular formula is C25H24FN5O2. The molecule has 1 aromatic heterocycles. The van der Waals surface area contributed by atoms with E-state index in [1.807, 2.05) is 47.0 Å². The molecule has 1 atom stereocenters. The van der Waals surface area contributed by atoms with E-state index in [4.69, 9.17) is 0 Å². The number of carbonyl (C=O) groups is 2. The fourth-order valence-corrected chi connectivity index (χ4v) is 3.53. The number of anilines is 1. The summed E-state index contributed by atoms with van der Waals surface area (Å²) in [6.45, 7) is 0.606. The van der Waals surface area contributed by atoms with Crippen LogP contribution in [0.2, 0.25) is 0 Å². The Kier molecular flexibility index (Phi) is 6.94. The van der Waals surface area contributed by atoms with Crippen LogP contribution in [-0.2, 0) is 11.3 Å². The van der Waals surface area contributed by atoms with Gasteiger partial charge in [0.25, 0.3) is 0 Å². The molecule has 4 aromatic rings. The van der Waals surface area contributed by atoms with Crippen LogP contribution < -0.4 is 16.0 Å². The van der Waals surface area contributed by atoms with Crippen molar-refractivity contribution in [3.63, 3.8) is 0 Å². The third-order valence-corrected chi connectivity index (χ3v) is 5.18. The van der Waals surface area contributed by atoms with Crippen LogP contribution in [0.5, 0.6) is 0 Å². The fourth-order valence-electron chi connectivity index (χ4n) is 3.53. The monoisotopic (exact) mass is 445 g/mol. The Bertz CT molecular complexity index is 1220. The van der Waals surface area contributed by atoms with Gasteiger partial charge in [0.15, 0.2) is 0 Å². The molecule has 4 rings (SSSR count). The van der Waals surface area contributed by atoms with Gasteiger partial charge >= 0.3 is 6.03 Å². The molecule has 8 heteroatoms. The molecule has 0 saturated carbocycles. The molecule has 0 radical (unpaired) electrons. The van der Waals surface area contributed by atoms with Crippen molar-refractivity contribution in [3.05, 3.63) is 96.6 Å². The maximum Gasteiger partial charge on any atom is 0.319 e. The summed E-state index contributed by atoms with van der Waals surface area (Å²) < 4.78 is 15.4. The zero-order valence-corrected chi connectivity index (χ0v) is 17.9. The van der Waals surface area contributed by atoms with Gasteiger partial charge in [0.1, 0.15) is 5.82 Å². The zero-order valence-electron chi connectivity index (χ0n) is 17.9. The number of urea groups is 1. The summed E-state index contributed by atoms with van der Waals surface area (Å²) in [5.41, 5.74) is 3.24. The normalized spacial score (nSPS) is 11.7. The lowest BCUT2D eigenvalue weighted by Gasteiger charge is -2.20. The minimum absolute atomic E-state index is 0.102. The van der Waals surface area contributed by atoms with E-state index in [-0.39, 0.29) is 30.7 Å². The average molecular weight is 445 g/mol. The molecular weight excluding hydrogens is 421 g/mol. The molecule has 0 aliphatic rings. The summed E-state index contributed by atoms with van der Waals surface area (Å²) in [5, 5.41) is 8.38. The minimum Gasteiger partial charge on any atom is -0.347 e. The second kappa shape index (κ2) is 10.4. The first-order valence-electron chi connectivity index (χ1n) is 10.6. The van der Waals surface area contributed by atoms with E-state index in [0.717, 1.165) is 16.6 Å². The van der Waals surface area contributed by atoms with E-state index in [2.05, 4.69) is 20.9 Å². The predicted octanol–water partition coefficient (Wildman–Crippen LogP) is 4.24. The third-order valence-electron chi connectivity index (χ3n) is 5.18. The van der Waals surface area contributed by atoms with Crippen LogP contribution in [0.25, 0.3) is 11.0 Å². The van der Waals surface area contributed by atoms with Crippen molar-refractivity contribution in [3.8, 4) is 0 Å². The van der Waals surface area contributed by atoms with E-state index in [0.29, 0.717) is 12.2 Å². The van der Waals surface area contributed by atoms with Gasteiger partial charge in [-0.3, -0.25) is 4.79 Å². The van der Waals surface area contributed by atoms with Crippen LogP contribution in [-0.4, -0.2) is 28.0 Å². The first kappa shape index (κ1) is 22.0. The number of nitrogens with one attached hydrogen (secondary N) is 3. The lowest BCUT2D eigenvalue weighted by molar-refractivity contribution is -0.121. The maximum absolute atomic E-state index is 13.4. The first-order chi connectivity index (χ1) is 16.1. The number of fused-ring (bicyclic) bond motifs is 1. The van der Waals surface area contributed by atoms with Crippen molar-refractivity contribution in [1.29, 1.82) is 0 Å². The zero-order chi connectivity index (χ0) is 23.0. The van der Waals surface area contributed by atoms with Gasteiger partial charge in [0.05, 0.1) is 23.4 Å². The molecule has 0 spiro atoms. The van der Waals surface area contributed by atoms with Crippen LogP contribution in [0.15, 0.2) is 85.2 Å². The number of carbonyl (C=O) groups excluding carboxylic acids is 2. The smallest absolute Gasteiger partial charge is 0.319 e. The Labute approximate surface area is 190 Å². The number of imidazole rings is 1. The molecule has 1 unspecified atom stereocenters. The number of hydrogen-bond acceptors (Lipinski definition) is 3. The van der Waals surface area contributed by atoms with Crippen molar-refractivity contribution in [2.45, 2.75) is 19.0 Å². The molecule has 0 fully saturated rings. The fraction of sp³-hybridized carbons (Fsp3) is 0.160. The van der Waals surface area contributed by atoms with E-state index < -0.39 is 6.04 Å². The summed E-state index contributed by atoms with van der Waals surface area (Å²) in [7, 11) is 0. The number of rotatable bonds is 8. The van der Waals surface area contributed by atoms with E-state index in [1.165, 1.54) is 12.1 Å². The molecule has 7 nitrogen and oxygen atoms in total. The highest BCUT2D eigenvalue weighted by molar-refractivity contribution is 5.89. The maximum atomic E-state index is 13.4. The van der Waals surface area contributed by atoms with Crippen molar-refractivity contribution in [2.24, 2.45) is 0 Å². The highest BCUT2D eigenvalue weighted by atomic mass is 19.1. The number of amides is 3. The summed E-state index contributed by atoms with van der Waals surface area (Å²) in [6, 6.07) is 22.1. The third kappa shape index (κ3) is 5.94. The molecule has 3 amide bonds. The van der Waals surface area contributed by atoms with Gasteiger partial charge in [-0.2, -0.15) is 0 Å². The predicted molar refractivity (Wildman–Crippen MR) is 125 cm³/mol. The quantitative estimate of drug-likeness (QED) is 0.379. The van der Waals surface area contributed by atoms with Crippen LogP contribution >= 0.6 is 0 Å². The number of halogens is 1. The van der Waals surface area contributed by atoms with Crippen molar-refractivity contribution < 1.29 is 14.0 Å². The molecule has 0 aliphatic carbocycles. The van der Waals surface area contributed by atoms with Crippen LogP contribution in [0.4, 0.5) is 14.9 Å². The molecule has 1 heterocycles. The second-order valence-electron chi connectivity index (χ2n) is 7.55. The summed E-state index contributed by atoms with van der Waals surface area (Å²) in [6.07, 6.45) is 1.83. The van der Waals surface area contributed by atoms with Gasteiger partial charge < -0.3 is 20.5 Å². The Morgan fingerprint density at radius 1 is 0.939 bits per heavy atom. The minimum atomic E-state index is -0.395. The van der Waals surface area contributed by atoms with Gasteiger partial charge in [-0.1, -0.05) is 42.5 Å². The second-order valence-corrected chi connectivity index (χ2v) is 7.55. The lowest BCUT2D eigenvalue weighted by Crippen LogP contribution is -2.35. The molecule has 168 valence electrons. The summed E-state index contributed by atoms with van der Waals surface area (Å²) in [4.78, 5) is 29.0. The van der Waals surface area contributed by atoms with E-state index in [1.54, 1.807) is 30.6 Å². The van der Waals surface area contributed by atoms with Crippen LogP contribution in [0, 0.1) is 5.82 Å². The highest BCUT2D eigenvalue weighted by Gasteiger charge is 2.17. The van der Waals surface area contributed by atoms with Gasteiger partial charge in [-0.15, -0.1) is 0 Å². The van der Waals surface area contributed by atoms with Gasteiger partial charge in [0, 0.05) is 25.2 Å². The molecule has 0 bridgehead atoms. The van der Waals surface area contributed by atoms with E-state index >= 15 is 0 Å². The lowest BCUT2D eigenvalue weighted by atomic mass is 10.1. The van der Waals surface area contributed by atoms with Gasteiger partial charge in [-0.05, 0) is 42.0 Å². The Balaban J connectivity index is 1.38.